The second kappa shape index (κ2) is 7.59. The van der Waals surface area contributed by atoms with Crippen molar-refractivity contribution in [2.24, 2.45) is 5.41 Å². The Hall–Kier alpha value is -1.14. The molecule has 0 aliphatic heterocycles. The van der Waals surface area contributed by atoms with Crippen molar-refractivity contribution in [3.05, 3.63) is 16.1 Å². The maximum Gasteiger partial charge on any atom is 0.315 e. The molecule has 0 atom stereocenters. The topological polar surface area (TPSA) is 74.2 Å². The molecule has 5 nitrogen and oxygen atoms in total. The fourth-order valence-electron chi connectivity index (χ4n) is 1.61. The highest BCUT2D eigenvalue weighted by Gasteiger charge is 2.18. The molecule has 20 heavy (non-hydrogen) atoms. The number of thiazole rings is 1. The lowest BCUT2D eigenvalue weighted by atomic mass is 9.90. The molecule has 0 aromatic carbocycles. The Bertz CT molecular complexity index is 430. The smallest absolute Gasteiger partial charge is 0.315 e. The first-order chi connectivity index (χ1) is 9.34. The van der Waals surface area contributed by atoms with E-state index in [1.54, 1.807) is 11.3 Å². The van der Waals surface area contributed by atoms with Crippen LogP contribution in [0.2, 0.25) is 0 Å². The Balaban J connectivity index is 2.32. The second-order valence-corrected chi connectivity index (χ2v) is 6.90. The fourth-order valence-corrected chi connectivity index (χ4v) is 2.45. The summed E-state index contributed by atoms with van der Waals surface area (Å²) in [6, 6.07) is -0.199. The van der Waals surface area contributed by atoms with Crippen LogP contribution < -0.4 is 10.6 Å². The SMILES string of the molecule is CC(C)c1nc(CNC(=O)NCC(C)(C)CCO)cs1. The summed E-state index contributed by atoms with van der Waals surface area (Å²) < 4.78 is 0. The summed E-state index contributed by atoms with van der Waals surface area (Å²) in [7, 11) is 0. The Kier molecular flexibility index (Phi) is 6.42. The van der Waals surface area contributed by atoms with E-state index in [-0.39, 0.29) is 18.1 Å². The molecule has 1 aromatic heterocycles. The number of hydrogen-bond donors (Lipinski definition) is 3. The van der Waals surface area contributed by atoms with Crippen LogP contribution in [0.4, 0.5) is 4.79 Å². The average molecular weight is 299 g/mol. The molecule has 0 saturated heterocycles. The summed E-state index contributed by atoms with van der Waals surface area (Å²) in [6.07, 6.45) is 0.664. The molecule has 0 aliphatic carbocycles. The number of carbonyl (C=O) groups is 1. The van der Waals surface area contributed by atoms with E-state index in [4.69, 9.17) is 5.11 Å². The maximum absolute atomic E-state index is 11.7. The summed E-state index contributed by atoms with van der Waals surface area (Å²) in [5.74, 6) is 0.418. The molecule has 1 aromatic rings. The first-order valence-electron chi connectivity index (χ1n) is 6.91. The van der Waals surface area contributed by atoms with E-state index >= 15 is 0 Å². The van der Waals surface area contributed by atoms with Gasteiger partial charge in [0, 0.05) is 24.4 Å². The van der Waals surface area contributed by atoms with E-state index < -0.39 is 0 Å². The quantitative estimate of drug-likeness (QED) is 0.724. The average Bonchev–Trinajstić information content (AvgIpc) is 2.83. The molecule has 2 amide bonds. The van der Waals surface area contributed by atoms with Crippen LogP contribution in [0.1, 0.15) is 50.7 Å². The zero-order valence-electron chi connectivity index (χ0n) is 12.7. The zero-order valence-corrected chi connectivity index (χ0v) is 13.5. The molecular formula is C14H25N3O2S. The van der Waals surface area contributed by atoms with E-state index in [2.05, 4.69) is 29.5 Å². The van der Waals surface area contributed by atoms with Crippen LogP contribution in [-0.4, -0.2) is 29.3 Å². The standard InChI is InChI=1S/C14H25N3O2S/c1-10(2)12-17-11(8-20-12)7-15-13(19)16-9-14(3,4)5-6-18/h8,10,18H,5-7,9H2,1-4H3,(H2,15,16,19). The molecule has 0 fully saturated rings. The van der Waals surface area contributed by atoms with Gasteiger partial charge in [0.25, 0.3) is 0 Å². The number of aromatic nitrogens is 1. The monoisotopic (exact) mass is 299 g/mol. The van der Waals surface area contributed by atoms with Gasteiger partial charge in [-0.2, -0.15) is 0 Å². The Morgan fingerprint density at radius 3 is 2.70 bits per heavy atom. The normalized spacial score (nSPS) is 11.7. The number of amides is 2. The second-order valence-electron chi connectivity index (χ2n) is 6.01. The number of aliphatic hydroxyl groups excluding tert-OH is 1. The lowest BCUT2D eigenvalue weighted by molar-refractivity contribution is 0.201. The third-order valence-corrected chi connectivity index (χ3v) is 4.20. The minimum Gasteiger partial charge on any atom is -0.396 e. The van der Waals surface area contributed by atoms with Gasteiger partial charge in [-0.05, 0) is 11.8 Å². The van der Waals surface area contributed by atoms with Gasteiger partial charge < -0.3 is 15.7 Å². The Morgan fingerprint density at radius 2 is 2.15 bits per heavy atom. The fraction of sp³-hybridized carbons (Fsp3) is 0.714. The third-order valence-electron chi connectivity index (χ3n) is 3.01. The number of rotatable bonds is 7. The van der Waals surface area contributed by atoms with Crippen molar-refractivity contribution >= 4 is 17.4 Å². The molecule has 0 aliphatic rings. The van der Waals surface area contributed by atoms with Crippen molar-refractivity contribution in [2.45, 2.75) is 46.6 Å². The van der Waals surface area contributed by atoms with E-state index in [0.29, 0.717) is 25.4 Å². The van der Waals surface area contributed by atoms with Crippen molar-refractivity contribution in [3.63, 3.8) is 0 Å². The van der Waals surface area contributed by atoms with E-state index in [0.717, 1.165) is 10.7 Å². The maximum atomic E-state index is 11.7. The van der Waals surface area contributed by atoms with Crippen molar-refractivity contribution in [2.75, 3.05) is 13.2 Å². The predicted molar refractivity (Wildman–Crippen MR) is 81.9 cm³/mol. The van der Waals surface area contributed by atoms with Gasteiger partial charge in [-0.3, -0.25) is 0 Å². The minimum absolute atomic E-state index is 0.0997. The summed E-state index contributed by atoms with van der Waals surface area (Å²) in [4.78, 5) is 16.2. The molecular weight excluding hydrogens is 274 g/mol. The van der Waals surface area contributed by atoms with E-state index in [9.17, 15) is 4.79 Å². The molecule has 0 unspecified atom stereocenters. The molecule has 6 heteroatoms. The first-order valence-corrected chi connectivity index (χ1v) is 7.79. The lowest BCUT2D eigenvalue weighted by Crippen LogP contribution is -2.40. The van der Waals surface area contributed by atoms with Crippen molar-refractivity contribution in [3.8, 4) is 0 Å². The number of hydrogen-bond acceptors (Lipinski definition) is 4. The molecule has 0 radical (unpaired) electrons. The highest BCUT2D eigenvalue weighted by molar-refractivity contribution is 7.09. The number of urea groups is 1. The Morgan fingerprint density at radius 1 is 1.45 bits per heavy atom. The van der Waals surface area contributed by atoms with Gasteiger partial charge in [-0.1, -0.05) is 27.7 Å². The lowest BCUT2D eigenvalue weighted by Gasteiger charge is -2.23. The highest BCUT2D eigenvalue weighted by atomic mass is 32.1. The summed E-state index contributed by atoms with van der Waals surface area (Å²) >= 11 is 1.62. The zero-order chi connectivity index (χ0) is 15.2. The highest BCUT2D eigenvalue weighted by Crippen LogP contribution is 2.19. The molecule has 0 saturated carbocycles. The Labute approximate surface area is 124 Å². The number of nitrogens with one attached hydrogen (secondary N) is 2. The third kappa shape index (κ3) is 5.88. The van der Waals surface area contributed by atoms with Gasteiger partial charge in [-0.25, -0.2) is 9.78 Å². The van der Waals surface area contributed by atoms with Crippen molar-refractivity contribution in [1.29, 1.82) is 0 Å². The number of nitrogens with zero attached hydrogens (tertiary/aromatic N) is 1. The largest absolute Gasteiger partial charge is 0.396 e. The van der Waals surface area contributed by atoms with Crippen LogP contribution in [-0.2, 0) is 6.54 Å². The van der Waals surface area contributed by atoms with Crippen molar-refractivity contribution in [1.82, 2.24) is 15.6 Å². The molecule has 1 rings (SSSR count). The molecule has 0 spiro atoms. The molecule has 114 valence electrons. The minimum atomic E-state index is -0.199. The van der Waals surface area contributed by atoms with E-state index in [1.807, 2.05) is 19.2 Å². The number of carbonyl (C=O) groups excluding carboxylic acids is 1. The molecule has 1 heterocycles. The van der Waals surface area contributed by atoms with Crippen LogP contribution in [0.15, 0.2) is 5.38 Å². The van der Waals surface area contributed by atoms with Gasteiger partial charge in [0.1, 0.15) is 0 Å². The predicted octanol–water partition coefficient (Wildman–Crippen LogP) is 2.47. The van der Waals surface area contributed by atoms with Gasteiger partial charge in [0.05, 0.1) is 17.2 Å². The van der Waals surface area contributed by atoms with Crippen LogP contribution in [0.3, 0.4) is 0 Å². The molecule has 0 bridgehead atoms. The van der Waals surface area contributed by atoms with Gasteiger partial charge in [0.2, 0.25) is 0 Å². The van der Waals surface area contributed by atoms with Gasteiger partial charge in [0.15, 0.2) is 0 Å². The summed E-state index contributed by atoms with van der Waals surface area (Å²) in [5, 5.41) is 17.6. The van der Waals surface area contributed by atoms with Crippen LogP contribution in [0.25, 0.3) is 0 Å². The summed E-state index contributed by atoms with van der Waals surface area (Å²) in [6.45, 7) is 9.34. The van der Waals surface area contributed by atoms with Crippen LogP contribution in [0, 0.1) is 5.41 Å². The van der Waals surface area contributed by atoms with Crippen molar-refractivity contribution < 1.29 is 9.90 Å². The summed E-state index contributed by atoms with van der Waals surface area (Å²) in [5.41, 5.74) is 0.792. The van der Waals surface area contributed by atoms with Crippen LogP contribution in [0.5, 0.6) is 0 Å². The van der Waals surface area contributed by atoms with E-state index in [1.165, 1.54) is 0 Å². The first kappa shape index (κ1) is 16.9. The van der Waals surface area contributed by atoms with Gasteiger partial charge >= 0.3 is 6.03 Å². The number of aliphatic hydroxyl groups is 1. The van der Waals surface area contributed by atoms with Crippen LogP contribution >= 0.6 is 11.3 Å². The van der Waals surface area contributed by atoms with Gasteiger partial charge in [-0.15, -0.1) is 11.3 Å². The molecule has 3 N–H and O–H groups in total.